The van der Waals surface area contributed by atoms with Crippen LogP contribution >= 0.6 is 0 Å². The summed E-state index contributed by atoms with van der Waals surface area (Å²) in [7, 11) is 0. The number of amides is 3. The molecule has 5 heteroatoms. The van der Waals surface area contributed by atoms with Crippen molar-refractivity contribution in [2.45, 2.75) is 38.1 Å². The molecule has 28 heavy (non-hydrogen) atoms. The number of rotatable bonds is 4. The predicted octanol–water partition coefficient (Wildman–Crippen LogP) is 4.07. The largest absolute Gasteiger partial charge is 0.331 e. The molecular weight excluding hydrogens is 350 g/mol. The van der Waals surface area contributed by atoms with Gasteiger partial charge in [0.05, 0.1) is 6.04 Å². The molecule has 2 aliphatic heterocycles. The number of carbonyl (C=O) groups is 2. The number of hydrogen-bond acceptors (Lipinski definition) is 2. The topological polar surface area (TPSA) is 52.7 Å². The number of hydrogen-bond donors (Lipinski definition) is 1. The van der Waals surface area contributed by atoms with Crippen molar-refractivity contribution in [1.82, 2.24) is 10.2 Å². The predicted molar refractivity (Wildman–Crippen MR) is 110 cm³/mol. The van der Waals surface area contributed by atoms with Gasteiger partial charge in [-0.3, -0.25) is 4.79 Å². The van der Waals surface area contributed by atoms with E-state index in [9.17, 15) is 9.59 Å². The standard InChI is InChI=1S/C23H27N3O2/c1-17(18-9-11-21(12-10-18)26-14-5-8-22(26)27)24-23(28)25-15-13-20(16-25)19-6-3-2-4-7-19/h2-4,6-7,9-12,17,20H,5,8,13-16H2,1H3,(H,24,28)/t17-,20+/m0/s1. The molecule has 2 saturated heterocycles. The molecular formula is C23H27N3O2. The van der Waals surface area contributed by atoms with E-state index in [0.29, 0.717) is 12.3 Å². The maximum absolute atomic E-state index is 12.7. The Morgan fingerprint density at radius 1 is 1.07 bits per heavy atom. The van der Waals surface area contributed by atoms with Gasteiger partial charge in [0.15, 0.2) is 0 Å². The maximum atomic E-state index is 12.7. The SMILES string of the molecule is C[C@H](NC(=O)N1CC[C@@H](c2ccccc2)C1)c1ccc(N2CCCC2=O)cc1. The number of nitrogens with zero attached hydrogens (tertiary/aromatic N) is 2. The third-order valence-electron chi connectivity index (χ3n) is 5.86. The van der Waals surface area contributed by atoms with E-state index in [2.05, 4.69) is 29.6 Å². The highest BCUT2D eigenvalue weighted by Crippen LogP contribution is 2.28. The van der Waals surface area contributed by atoms with E-state index >= 15 is 0 Å². The molecule has 2 aromatic carbocycles. The van der Waals surface area contributed by atoms with Crippen LogP contribution in [0.5, 0.6) is 0 Å². The summed E-state index contributed by atoms with van der Waals surface area (Å²) in [5, 5.41) is 3.11. The van der Waals surface area contributed by atoms with Crippen LogP contribution in [0.15, 0.2) is 54.6 Å². The van der Waals surface area contributed by atoms with Crippen LogP contribution in [0.4, 0.5) is 10.5 Å². The molecule has 0 bridgehead atoms. The molecule has 4 rings (SSSR count). The van der Waals surface area contributed by atoms with Gasteiger partial charge < -0.3 is 15.1 Å². The number of likely N-dealkylation sites (tertiary alicyclic amines) is 1. The minimum absolute atomic E-state index is 0.00951. The lowest BCUT2D eigenvalue weighted by atomic mass is 9.99. The van der Waals surface area contributed by atoms with Crippen LogP contribution in [0.3, 0.4) is 0 Å². The highest BCUT2D eigenvalue weighted by Gasteiger charge is 2.28. The third-order valence-corrected chi connectivity index (χ3v) is 5.86. The molecule has 0 aliphatic carbocycles. The average molecular weight is 377 g/mol. The van der Waals surface area contributed by atoms with Crippen molar-refractivity contribution < 1.29 is 9.59 Å². The minimum Gasteiger partial charge on any atom is -0.331 e. The Hall–Kier alpha value is -2.82. The summed E-state index contributed by atoms with van der Waals surface area (Å²) >= 11 is 0. The molecule has 2 aromatic rings. The lowest BCUT2D eigenvalue weighted by Gasteiger charge is -2.22. The second-order valence-electron chi connectivity index (χ2n) is 7.75. The van der Waals surface area contributed by atoms with Crippen LogP contribution in [0, 0.1) is 0 Å². The summed E-state index contributed by atoms with van der Waals surface area (Å²) in [6, 6.07) is 18.3. The zero-order valence-corrected chi connectivity index (χ0v) is 16.3. The van der Waals surface area contributed by atoms with Crippen molar-refractivity contribution in [2.75, 3.05) is 24.5 Å². The molecule has 0 saturated carbocycles. The van der Waals surface area contributed by atoms with E-state index in [1.165, 1.54) is 5.56 Å². The molecule has 146 valence electrons. The van der Waals surface area contributed by atoms with Gasteiger partial charge in [-0.1, -0.05) is 42.5 Å². The minimum atomic E-state index is -0.0772. The van der Waals surface area contributed by atoms with Gasteiger partial charge in [0.25, 0.3) is 0 Å². The van der Waals surface area contributed by atoms with Gasteiger partial charge in [0, 0.05) is 37.7 Å². The fraction of sp³-hybridized carbons (Fsp3) is 0.391. The number of urea groups is 1. The van der Waals surface area contributed by atoms with Crippen molar-refractivity contribution in [3.63, 3.8) is 0 Å². The quantitative estimate of drug-likeness (QED) is 0.873. The molecule has 3 amide bonds. The Balaban J connectivity index is 1.34. The Morgan fingerprint density at radius 2 is 1.82 bits per heavy atom. The summed E-state index contributed by atoms with van der Waals surface area (Å²) in [4.78, 5) is 28.3. The Kier molecular flexibility index (Phi) is 5.33. The van der Waals surface area contributed by atoms with E-state index in [0.717, 1.165) is 43.7 Å². The smallest absolute Gasteiger partial charge is 0.317 e. The van der Waals surface area contributed by atoms with Gasteiger partial charge in [0.2, 0.25) is 5.91 Å². The van der Waals surface area contributed by atoms with Gasteiger partial charge in [-0.25, -0.2) is 4.79 Å². The van der Waals surface area contributed by atoms with Crippen molar-refractivity contribution >= 4 is 17.6 Å². The Morgan fingerprint density at radius 3 is 2.50 bits per heavy atom. The van der Waals surface area contributed by atoms with Crippen LogP contribution in [-0.2, 0) is 4.79 Å². The van der Waals surface area contributed by atoms with Gasteiger partial charge in [0.1, 0.15) is 0 Å². The first-order chi connectivity index (χ1) is 13.6. The highest BCUT2D eigenvalue weighted by molar-refractivity contribution is 5.95. The number of carbonyl (C=O) groups excluding carboxylic acids is 2. The second kappa shape index (κ2) is 8.05. The Bertz CT molecular complexity index is 835. The third kappa shape index (κ3) is 3.88. The summed E-state index contributed by atoms with van der Waals surface area (Å²) in [6.45, 7) is 4.34. The zero-order chi connectivity index (χ0) is 19.5. The summed E-state index contributed by atoms with van der Waals surface area (Å²) in [5.41, 5.74) is 3.29. The van der Waals surface area contributed by atoms with Crippen LogP contribution in [0.25, 0.3) is 0 Å². The first kappa shape index (κ1) is 18.5. The van der Waals surface area contributed by atoms with Gasteiger partial charge in [-0.05, 0) is 43.0 Å². The average Bonchev–Trinajstić information content (AvgIpc) is 3.38. The zero-order valence-electron chi connectivity index (χ0n) is 16.3. The fourth-order valence-electron chi connectivity index (χ4n) is 4.17. The van der Waals surface area contributed by atoms with Crippen LogP contribution in [0.2, 0.25) is 0 Å². The number of anilines is 1. The molecule has 2 atom stereocenters. The van der Waals surface area contributed by atoms with E-state index in [1.54, 1.807) is 0 Å². The molecule has 0 aromatic heterocycles. The van der Waals surface area contributed by atoms with Crippen molar-refractivity contribution in [1.29, 1.82) is 0 Å². The van der Waals surface area contributed by atoms with Crippen LogP contribution < -0.4 is 10.2 Å². The van der Waals surface area contributed by atoms with Gasteiger partial charge in [-0.2, -0.15) is 0 Å². The van der Waals surface area contributed by atoms with E-state index in [1.807, 2.05) is 47.1 Å². The number of benzene rings is 2. The van der Waals surface area contributed by atoms with Crippen molar-refractivity contribution in [2.24, 2.45) is 0 Å². The summed E-state index contributed by atoms with van der Waals surface area (Å²) < 4.78 is 0. The molecule has 0 spiro atoms. The normalized spacial score (nSPS) is 20.5. The molecule has 0 radical (unpaired) electrons. The first-order valence-corrected chi connectivity index (χ1v) is 10.1. The molecule has 2 aliphatic rings. The Labute approximate surface area is 166 Å². The van der Waals surface area contributed by atoms with E-state index < -0.39 is 0 Å². The molecule has 1 N–H and O–H groups in total. The molecule has 0 unspecified atom stereocenters. The van der Waals surface area contributed by atoms with Crippen LogP contribution in [0.1, 0.15) is 49.3 Å². The summed E-state index contributed by atoms with van der Waals surface area (Å²) in [5.74, 6) is 0.607. The highest BCUT2D eigenvalue weighted by atomic mass is 16.2. The van der Waals surface area contributed by atoms with Gasteiger partial charge >= 0.3 is 6.03 Å². The first-order valence-electron chi connectivity index (χ1n) is 10.1. The number of nitrogens with one attached hydrogen (secondary N) is 1. The lowest BCUT2D eigenvalue weighted by molar-refractivity contribution is -0.117. The van der Waals surface area contributed by atoms with Crippen molar-refractivity contribution in [3.05, 3.63) is 65.7 Å². The maximum Gasteiger partial charge on any atom is 0.317 e. The molecule has 2 heterocycles. The summed E-state index contributed by atoms with van der Waals surface area (Å²) in [6.07, 6.45) is 2.56. The van der Waals surface area contributed by atoms with Crippen LogP contribution in [-0.4, -0.2) is 36.5 Å². The van der Waals surface area contributed by atoms with E-state index in [-0.39, 0.29) is 18.0 Å². The van der Waals surface area contributed by atoms with Crippen molar-refractivity contribution in [3.8, 4) is 0 Å². The second-order valence-corrected chi connectivity index (χ2v) is 7.75. The molecule has 2 fully saturated rings. The van der Waals surface area contributed by atoms with E-state index in [4.69, 9.17) is 0 Å². The molecule has 5 nitrogen and oxygen atoms in total. The van der Waals surface area contributed by atoms with Gasteiger partial charge in [-0.15, -0.1) is 0 Å². The monoisotopic (exact) mass is 377 g/mol. The lowest BCUT2D eigenvalue weighted by Crippen LogP contribution is -2.39. The fourth-order valence-corrected chi connectivity index (χ4v) is 4.17.